The Morgan fingerprint density at radius 3 is 2.93 bits per heavy atom. The van der Waals surface area contributed by atoms with E-state index in [1.165, 1.54) is 11.8 Å². The second kappa shape index (κ2) is 7.22. The molecule has 0 aliphatic carbocycles. The van der Waals surface area contributed by atoms with Crippen molar-refractivity contribution in [2.75, 3.05) is 12.3 Å². The summed E-state index contributed by atoms with van der Waals surface area (Å²) in [5.41, 5.74) is 2.88. The third-order valence-electron chi connectivity index (χ3n) is 4.67. The molecule has 3 aromatic rings. The lowest BCUT2D eigenvalue weighted by Gasteiger charge is -2.24. The lowest BCUT2D eigenvalue weighted by molar-refractivity contribution is 0.421. The van der Waals surface area contributed by atoms with Gasteiger partial charge in [0.25, 0.3) is 5.56 Å². The van der Waals surface area contributed by atoms with Crippen LogP contribution in [-0.2, 0) is 6.42 Å². The van der Waals surface area contributed by atoms with Crippen LogP contribution in [0, 0.1) is 5.92 Å². The molecule has 27 heavy (non-hydrogen) atoms. The molecule has 1 aliphatic rings. The number of aromatic nitrogens is 3. The van der Waals surface area contributed by atoms with Gasteiger partial charge in [-0.15, -0.1) is 0 Å². The van der Waals surface area contributed by atoms with Crippen molar-refractivity contribution in [3.63, 3.8) is 0 Å². The molecule has 3 heterocycles. The van der Waals surface area contributed by atoms with E-state index in [0.29, 0.717) is 22.6 Å². The van der Waals surface area contributed by atoms with Crippen LogP contribution in [0.4, 0.5) is 0 Å². The quantitative estimate of drug-likeness (QED) is 0.394. The molecule has 2 aromatic heterocycles. The number of aromatic amines is 2. The fourth-order valence-corrected chi connectivity index (χ4v) is 4.45. The summed E-state index contributed by atoms with van der Waals surface area (Å²) >= 11 is 7.59. The predicted molar refractivity (Wildman–Crippen MR) is 109 cm³/mol. The largest absolute Gasteiger partial charge is 0.493 e. The highest BCUT2D eigenvalue weighted by Gasteiger charge is 2.30. The maximum atomic E-state index is 12.7. The van der Waals surface area contributed by atoms with Crippen molar-refractivity contribution in [3.8, 4) is 5.88 Å². The highest BCUT2D eigenvalue weighted by molar-refractivity contribution is 7.99. The highest BCUT2D eigenvalue weighted by atomic mass is 35.5. The van der Waals surface area contributed by atoms with Gasteiger partial charge in [0.1, 0.15) is 5.56 Å². The molecule has 6 nitrogen and oxygen atoms in total. The van der Waals surface area contributed by atoms with E-state index in [9.17, 15) is 9.90 Å². The van der Waals surface area contributed by atoms with E-state index in [0.717, 1.165) is 34.3 Å². The Balaban J connectivity index is 1.77. The van der Waals surface area contributed by atoms with Crippen LogP contribution < -0.4 is 10.9 Å². The van der Waals surface area contributed by atoms with Gasteiger partial charge >= 0.3 is 0 Å². The van der Waals surface area contributed by atoms with Gasteiger partial charge in [-0.05, 0) is 36.1 Å². The number of benzene rings is 1. The van der Waals surface area contributed by atoms with Gasteiger partial charge in [-0.2, -0.15) is 4.98 Å². The van der Waals surface area contributed by atoms with Gasteiger partial charge in [0.05, 0.1) is 6.04 Å². The fraction of sp³-hybridized carbons (Fsp3) is 0.368. The minimum atomic E-state index is -0.444. The van der Waals surface area contributed by atoms with Gasteiger partial charge in [-0.3, -0.25) is 4.79 Å². The van der Waals surface area contributed by atoms with Crippen LogP contribution in [0.15, 0.2) is 28.2 Å². The molecule has 8 heteroatoms. The zero-order chi connectivity index (χ0) is 19.1. The van der Waals surface area contributed by atoms with E-state index in [1.807, 2.05) is 18.2 Å². The predicted octanol–water partition coefficient (Wildman–Crippen LogP) is 3.59. The smallest absolute Gasteiger partial charge is 0.260 e. The molecular formula is C19H21ClN4O2S. The number of hydrogen-bond acceptors (Lipinski definition) is 5. The number of fused-ring (bicyclic) bond motifs is 3. The molecule has 142 valence electrons. The zero-order valence-electron chi connectivity index (χ0n) is 15.1. The maximum Gasteiger partial charge on any atom is 0.260 e. The highest BCUT2D eigenvalue weighted by Crippen LogP contribution is 2.35. The van der Waals surface area contributed by atoms with Crippen LogP contribution in [0.3, 0.4) is 0 Å². The Morgan fingerprint density at radius 2 is 2.19 bits per heavy atom. The van der Waals surface area contributed by atoms with Gasteiger partial charge in [0.15, 0.2) is 5.16 Å². The van der Waals surface area contributed by atoms with E-state index in [-0.39, 0.29) is 17.0 Å². The van der Waals surface area contributed by atoms with Gasteiger partial charge in [-0.25, -0.2) is 0 Å². The van der Waals surface area contributed by atoms with Gasteiger partial charge in [0, 0.05) is 33.9 Å². The third kappa shape index (κ3) is 3.47. The van der Waals surface area contributed by atoms with Crippen molar-refractivity contribution in [3.05, 3.63) is 50.4 Å². The van der Waals surface area contributed by atoms with Crippen LogP contribution in [0.1, 0.15) is 36.7 Å². The number of nitrogens with one attached hydrogen (secondary N) is 3. The van der Waals surface area contributed by atoms with Crippen LogP contribution in [-0.4, -0.2) is 32.4 Å². The van der Waals surface area contributed by atoms with Gasteiger partial charge in [-0.1, -0.05) is 37.2 Å². The van der Waals surface area contributed by atoms with Crippen molar-refractivity contribution in [1.82, 2.24) is 20.3 Å². The van der Waals surface area contributed by atoms with Crippen LogP contribution in [0.2, 0.25) is 5.02 Å². The van der Waals surface area contributed by atoms with Gasteiger partial charge < -0.3 is 20.4 Å². The van der Waals surface area contributed by atoms with Crippen LogP contribution in [0.25, 0.3) is 10.9 Å². The maximum absolute atomic E-state index is 12.7. The molecule has 1 aromatic carbocycles. The number of halogens is 1. The Kier molecular flexibility index (Phi) is 4.92. The lowest BCUT2D eigenvalue weighted by Crippen LogP contribution is -2.34. The van der Waals surface area contributed by atoms with Gasteiger partial charge in [0.2, 0.25) is 5.88 Å². The van der Waals surface area contributed by atoms with E-state index >= 15 is 0 Å². The monoisotopic (exact) mass is 404 g/mol. The second-order valence-electron chi connectivity index (χ2n) is 7.16. The fourth-order valence-electron chi connectivity index (χ4n) is 3.47. The summed E-state index contributed by atoms with van der Waals surface area (Å²) in [5, 5.41) is 16.0. The normalized spacial score (nSPS) is 16.8. The molecule has 4 rings (SSSR count). The standard InChI is InChI=1S/C19H21ClN4O2S/c1-9(2)8-27-19-23-17(25)14(18(26)24-19)16-15-11(5-6-21-16)12-7-10(20)3-4-13(12)22-15/h3-4,7,9,16,21-22H,5-6,8H2,1-2H3,(H2,23,24,25,26)/t16-/m1/s1. The number of H-pyrrole nitrogens is 2. The SMILES string of the molecule is CC(C)CSc1nc(O)c([C@H]2NCCc3c2[nH]c2ccc(Cl)cc32)c(=O)[nH]1. The summed E-state index contributed by atoms with van der Waals surface area (Å²) in [6, 6.07) is 5.25. The summed E-state index contributed by atoms with van der Waals surface area (Å²) in [5.74, 6) is 1.05. The zero-order valence-corrected chi connectivity index (χ0v) is 16.7. The number of rotatable bonds is 4. The third-order valence-corrected chi connectivity index (χ3v) is 6.20. The summed E-state index contributed by atoms with van der Waals surface area (Å²) in [7, 11) is 0. The number of hydrogen-bond donors (Lipinski definition) is 4. The molecule has 0 amide bonds. The van der Waals surface area contributed by atoms with Crippen molar-refractivity contribution in [2.45, 2.75) is 31.5 Å². The van der Waals surface area contributed by atoms with Crippen molar-refractivity contribution in [1.29, 1.82) is 0 Å². The van der Waals surface area contributed by atoms with E-state index < -0.39 is 6.04 Å². The molecule has 0 unspecified atom stereocenters. The molecule has 1 aliphatic heterocycles. The lowest BCUT2D eigenvalue weighted by atomic mass is 9.95. The summed E-state index contributed by atoms with van der Waals surface area (Å²) < 4.78 is 0. The molecule has 1 atom stereocenters. The first kappa shape index (κ1) is 18.4. The van der Waals surface area contributed by atoms with Crippen molar-refractivity contribution in [2.24, 2.45) is 5.92 Å². The van der Waals surface area contributed by atoms with Crippen LogP contribution in [0.5, 0.6) is 5.88 Å². The molecule has 0 saturated heterocycles. The number of nitrogens with zero attached hydrogens (tertiary/aromatic N) is 1. The van der Waals surface area contributed by atoms with E-state index in [2.05, 4.69) is 34.1 Å². The molecule has 0 spiro atoms. The number of aromatic hydroxyl groups is 1. The average Bonchev–Trinajstić information content (AvgIpc) is 2.98. The molecule has 4 N–H and O–H groups in total. The summed E-state index contributed by atoms with van der Waals surface area (Å²) in [6.45, 7) is 4.88. The summed E-state index contributed by atoms with van der Waals surface area (Å²) in [4.78, 5) is 23.1. The van der Waals surface area contributed by atoms with E-state index in [4.69, 9.17) is 11.6 Å². The first-order chi connectivity index (χ1) is 12.9. The molecule has 0 saturated carbocycles. The minimum absolute atomic E-state index is 0.230. The Bertz CT molecular complexity index is 1060. The topological polar surface area (TPSA) is 93.8 Å². The number of thioether (sulfide) groups is 1. The Hall–Kier alpha value is -1.96. The van der Waals surface area contributed by atoms with Crippen molar-refractivity contribution >= 4 is 34.3 Å². The Morgan fingerprint density at radius 1 is 1.37 bits per heavy atom. The minimum Gasteiger partial charge on any atom is -0.493 e. The molecule has 0 bridgehead atoms. The van der Waals surface area contributed by atoms with Crippen LogP contribution >= 0.6 is 23.4 Å². The molecular weight excluding hydrogens is 384 g/mol. The molecule has 0 fully saturated rings. The average molecular weight is 405 g/mol. The Labute approximate surface area is 165 Å². The first-order valence-electron chi connectivity index (χ1n) is 8.93. The van der Waals surface area contributed by atoms with Crippen molar-refractivity contribution < 1.29 is 5.11 Å². The second-order valence-corrected chi connectivity index (χ2v) is 8.60. The molecule has 0 radical (unpaired) electrons. The van der Waals surface area contributed by atoms with E-state index in [1.54, 1.807) is 0 Å². The summed E-state index contributed by atoms with van der Waals surface area (Å²) in [6.07, 6.45) is 0.820. The first-order valence-corrected chi connectivity index (χ1v) is 10.3.